The number of esters is 1. The lowest BCUT2D eigenvalue weighted by Gasteiger charge is -2.18. The number of alkyl halides is 4. The van der Waals surface area contributed by atoms with Crippen LogP contribution in [0.2, 0.25) is 5.02 Å². The van der Waals surface area contributed by atoms with Crippen LogP contribution in [-0.2, 0) is 22.8 Å². The fourth-order valence-electron chi connectivity index (χ4n) is 3.12. The average molecular weight is 535 g/mol. The zero-order valence-corrected chi connectivity index (χ0v) is 19.2. The number of para-hydroxylation sites is 2. The van der Waals surface area contributed by atoms with E-state index in [0.29, 0.717) is 12.1 Å². The summed E-state index contributed by atoms with van der Waals surface area (Å²) in [6, 6.07) is 6.56. The van der Waals surface area contributed by atoms with Crippen LogP contribution in [0.1, 0.15) is 12.6 Å². The highest BCUT2D eigenvalue weighted by Crippen LogP contribution is 2.41. The maximum Gasteiger partial charge on any atom is 0.432 e. The number of aromatic nitrogens is 2. The lowest BCUT2D eigenvalue weighted by molar-refractivity contribution is -0.159. The van der Waals surface area contributed by atoms with Gasteiger partial charge < -0.3 is 14.2 Å². The topological polar surface area (TPSA) is 99.6 Å². The highest BCUT2D eigenvalue weighted by Gasteiger charge is 2.39. The summed E-state index contributed by atoms with van der Waals surface area (Å²) in [7, 11) is 0.750. The van der Waals surface area contributed by atoms with Gasteiger partial charge in [-0.2, -0.15) is 17.6 Å². The van der Waals surface area contributed by atoms with Crippen LogP contribution in [0.15, 0.2) is 46.0 Å². The summed E-state index contributed by atoms with van der Waals surface area (Å²) >= 11 is 6.00. The maximum absolute atomic E-state index is 14.8. The zero-order chi connectivity index (χ0) is 26.8. The summed E-state index contributed by atoms with van der Waals surface area (Å²) in [4.78, 5) is 37.3. The van der Waals surface area contributed by atoms with Crippen LogP contribution < -0.4 is 20.7 Å². The highest BCUT2D eigenvalue weighted by atomic mass is 35.5. The van der Waals surface area contributed by atoms with Crippen LogP contribution in [0, 0.1) is 5.82 Å². The predicted octanol–water partition coefficient (Wildman–Crippen LogP) is 4.58. The Morgan fingerprint density at radius 2 is 1.78 bits per heavy atom. The van der Waals surface area contributed by atoms with Gasteiger partial charge >= 0.3 is 24.2 Å². The van der Waals surface area contributed by atoms with Crippen molar-refractivity contribution < 1.29 is 41.0 Å². The van der Waals surface area contributed by atoms with Crippen molar-refractivity contribution >= 4 is 17.6 Å². The molecule has 1 aromatic heterocycles. The van der Waals surface area contributed by atoms with E-state index < -0.39 is 63.2 Å². The molecule has 3 aromatic rings. The summed E-state index contributed by atoms with van der Waals surface area (Å²) in [6.07, 6.45) is -7.75. The molecule has 0 saturated heterocycles. The van der Waals surface area contributed by atoms with Crippen molar-refractivity contribution in [1.82, 2.24) is 9.55 Å². The van der Waals surface area contributed by atoms with Crippen LogP contribution in [0.25, 0.3) is 11.1 Å². The first-order chi connectivity index (χ1) is 16.8. The fraction of sp³-hybridized carbons (Fsp3) is 0.227. The Morgan fingerprint density at radius 3 is 2.39 bits per heavy atom. The molecule has 0 fully saturated rings. The molecule has 0 spiro atoms. The SMILES string of the molecule is CCOC(=O)C(F)Oc1ccccc1Oc1cc(-c2c(C(F)(F)F)n(C)c(=O)[nH]c2=O)c(F)cc1Cl. The molecule has 0 saturated carbocycles. The first-order valence-electron chi connectivity index (χ1n) is 9.99. The quantitative estimate of drug-likeness (QED) is 0.352. The summed E-state index contributed by atoms with van der Waals surface area (Å²) in [5.74, 6) is -3.66. The number of halogens is 6. The normalized spacial score (nSPS) is 12.2. The number of nitrogens with one attached hydrogen (secondary N) is 1. The van der Waals surface area contributed by atoms with Gasteiger partial charge in [-0.25, -0.2) is 14.0 Å². The Balaban J connectivity index is 2.12. The Labute approximate surface area is 203 Å². The van der Waals surface area contributed by atoms with Crippen LogP contribution in [0.3, 0.4) is 0 Å². The van der Waals surface area contributed by atoms with Gasteiger partial charge in [-0.05, 0) is 31.2 Å². The minimum atomic E-state index is -5.21. The summed E-state index contributed by atoms with van der Waals surface area (Å²) < 4.78 is 85.1. The van der Waals surface area contributed by atoms with Crippen molar-refractivity contribution in [2.45, 2.75) is 19.5 Å². The molecule has 0 aliphatic heterocycles. The Morgan fingerprint density at radius 1 is 1.14 bits per heavy atom. The first-order valence-corrected chi connectivity index (χ1v) is 10.4. The fourth-order valence-corrected chi connectivity index (χ4v) is 3.31. The van der Waals surface area contributed by atoms with E-state index >= 15 is 0 Å². The van der Waals surface area contributed by atoms with E-state index in [1.54, 1.807) is 4.98 Å². The van der Waals surface area contributed by atoms with Gasteiger partial charge in [0.15, 0.2) is 11.5 Å². The Bertz CT molecular complexity index is 1420. The third-order valence-corrected chi connectivity index (χ3v) is 4.95. The lowest BCUT2D eigenvalue weighted by Crippen LogP contribution is -2.35. The van der Waals surface area contributed by atoms with Crippen LogP contribution in [0.5, 0.6) is 17.2 Å². The standard InChI is InChI=1S/C22H16ClF5N2O6/c1-3-34-20(32)18(25)36-14-7-5-4-6-13(14)35-15-8-10(12(24)9-11(15)23)16-17(22(26,27)28)30(2)21(33)29-19(16)31/h4-9,18H,3H2,1-2H3,(H,29,31,33). The Kier molecular flexibility index (Phi) is 7.72. The van der Waals surface area contributed by atoms with Gasteiger partial charge in [0.1, 0.15) is 17.3 Å². The van der Waals surface area contributed by atoms with Gasteiger partial charge in [-0.15, -0.1) is 0 Å². The molecular weight excluding hydrogens is 519 g/mol. The number of ether oxygens (including phenoxy) is 3. The molecule has 1 atom stereocenters. The maximum atomic E-state index is 14.8. The average Bonchev–Trinajstić information content (AvgIpc) is 2.78. The second kappa shape index (κ2) is 10.4. The van der Waals surface area contributed by atoms with Gasteiger partial charge in [0.25, 0.3) is 5.56 Å². The molecular formula is C22H16ClF5N2O6. The molecule has 0 aliphatic carbocycles. The third-order valence-electron chi connectivity index (χ3n) is 4.66. The molecule has 0 amide bonds. The van der Waals surface area contributed by atoms with Crippen LogP contribution >= 0.6 is 11.6 Å². The molecule has 0 bridgehead atoms. The molecule has 36 heavy (non-hydrogen) atoms. The number of aromatic amines is 1. The number of H-pyrrole nitrogens is 1. The van der Waals surface area contributed by atoms with Crippen LogP contribution in [-0.4, -0.2) is 28.5 Å². The summed E-state index contributed by atoms with van der Waals surface area (Å²) in [6.45, 7) is 1.34. The number of nitrogens with zero attached hydrogens (tertiary/aromatic N) is 1. The molecule has 1 N–H and O–H groups in total. The number of hydrogen-bond donors (Lipinski definition) is 1. The van der Waals surface area contributed by atoms with Crippen LogP contribution in [0.4, 0.5) is 22.0 Å². The monoisotopic (exact) mass is 534 g/mol. The van der Waals surface area contributed by atoms with Crippen molar-refractivity contribution in [3.63, 3.8) is 0 Å². The minimum Gasteiger partial charge on any atom is -0.461 e. The van der Waals surface area contributed by atoms with Gasteiger partial charge in [0, 0.05) is 12.6 Å². The molecule has 0 aliphatic rings. The molecule has 14 heteroatoms. The van der Waals surface area contributed by atoms with Crippen molar-refractivity contribution in [3.8, 4) is 28.4 Å². The van der Waals surface area contributed by atoms with E-state index in [9.17, 15) is 36.3 Å². The highest BCUT2D eigenvalue weighted by molar-refractivity contribution is 6.32. The largest absolute Gasteiger partial charge is 0.461 e. The van der Waals surface area contributed by atoms with E-state index in [-0.39, 0.29) is 22.7 Å². The van der Waals surface area contributed by atoms with Gasteiger partial charge in [0.2, 0.25) is 0 Å². The second-order valence-electron chi connectivity index (χ2n) is 7.04. The number of hydrogen-bond acceptors (Lipinski definition) is 6. The zero-order valence-electron chi connectivity index (χ0n) is 18.4. The van der Waals surface area contributed by atoms with E-state index in [0.717, 1.165) is 7.05 Å². The van der Waals surface area contributed by atoms with Crippen molar-refractivity contribution in [2.24, 2.45) is 7.05 Å². The third kappa shape index (κ3) is 5.51. The lowest BCUT2D eigenvalue weighted by atomic mass is 10.0. The number of rotatable bonds is 7. The smallest absolute Gasteiger partial charge is 0.432 e. The number of carbonyl (C=O) groups is 1. The van der Waals surface area contributed by atoms with Gasteiger partial charge in [-0.1, -0.05) is 23.7 Å². The molecule has 2 aromatic carbocycles. The minimum absolute atomic E-state index is 0.112. The van der Waals surface area contributed by atoms with Crippen molar-refractivity contribution in [1.29, 1.82) is 0 Å². The van der Waals surface area contributed by atoms with E-state index in [1.165, 1.54) is 31.2 Å². The van der Waals surface area contributed by atoms with E-state index in [1.807, 2.05) is 0 Å². The van der Waals surface area contributed by atoms with Crippen molar-refractivity contribution in [3.05, 3.63) is 73.8 Å². The number of benzene rings is 2. The molecule has 0 radical (unpaired) electrons. The summed E-state index contributed by atoms with van der Waals surface area (Å²) in [5.41, 5.74) is -6.65. The predicted molar refractivity (Wildman–Crippen MR) is 116 cm³/mol. The first kappa shape index (κ1) is 26.7. The molecule has 8 nitrogen and oxygen atoms in total. The molecule has 1 heterocycles. The van der Waals surface area contributed by atoms with E-state index in [4.69, 9.17) is 21.1 Å². The van der Waals surface area contributed by atoms with Gasteiger partial charge in [0.05, 0.1) is 17.2 Å². The molecule has 192 valence electrons. The van der Waals surface area contributed by atoms with Crippen molar-refractivity contribution in [2.75, 3.05) is 6.61 Å². The molecule has 3 rings (SSSR count). The molecule has 1 unspecified atom stereocenters. The van der Waals surface area contributed by atoms with E-state index in [2.05, 4.69) is 4.74 Å². The second-order valence-corrected chi connectivity index (χ2v) is 7.44. The Hall–Kier alpha value is -3.87. The van der Waals surface area contributed by atoms with Gasteiger partial charge in [-0.3, -0.25) is 14.3 Å². The number of carbonyl (C=O) groups excluding carboxylic acids is 1. The summed E-state index contributed by atoms with van der Waals surface area (Å²) in [5, 5.41) is -0.428.